The summed E-state index contributed by atoms with van der Waals surface area (Å²) in [5, 5.41) is 0. The Morgan fingerprint density at radius 3 is 2.28 bits per heavy atom. The van der Waals surface area contributed by atoms with E-state index in [1.807, 2.05) is 25.7 Å². The number of halogens is 1. The van der Waals surface area contributed by atoms with Gasteiger partial charge in [-0.3, -0.25) is 0 Å². The molecule has 0 N–H and O–H groups in total. The number of ether oxygens (including phenoxy) is 3. The van der Waals surface area contributed by atoms with Crippen molar-refractivity contribution in [3.63, 3.8) is 0 Å². The first-order valence-corrected chi connectivity index (χ1v) is 8.78. The van der Waals surface area contributed by atoms with Crippen molar-refractivity contribution in [1.82, 2.24) is 4.90 Å². The third kappa shape index (κ3) is 4.17. The number of hydrogen-bond acceptors (Lipinski definition) is 4. The average Bonchev–Trinajstić information content (AvgIpc) is 2.76. The van der Waals surface area contributed by atoms with Crippen molar-refractivity contribution in [2.45, 2.75) is 70.2 Å². The molecule has 1 aromatic carbocycles. The van der Waals surface area contributed by atoms with Crippen LogP contribution in [0.2, 0.25) is 0 Å². The van der Waals surface area contributed by atoms with E-state index in [0.717, 1.165) is 25.7 Å². The molecule has 0 saturated carbocycles. The van der Waals surface area contributed by atoms with E-state index in [1.165, 1.54) is 19.2 Å². The van der Waals surface area contributed by atoms with Crippen molar-refractivity contribution in [1.29, 1.82) is 0 Å². The Hall–Kier alpha value is -1.98. The van der Waals surface area contributed by atoms with Crippen molar-refractivity contribution in [3.8, 4) is 11.5 Å². The van der Waals surface area contributed by atoms with Crippen molar-refractivity contribution in [3.05, 3.63) is 24.0 Å². The molecule has 2 saturated heterocycles. The molecule has 0 radical (unpaired) electrons. The summed E-state index contributed by atoms with van der Waals surface area (Å²) in [6.45, 7) is 5.63. The lowest BCUT2D eigenvalue weighted by Crippen LogP contribution is -2.50. The Labute approximate surface area is 148 Å². The number of amides is 1. The Kier molecular flexibility index (Phi) is 4.80. The molecule has 0 spiro atoms. The van der Waals surface area contributed by atoms with E-state index in [-0.39, 0.29) is 30.1 Å². The number of piperidine rings is 1. The van der Waals surface area contributed by atoms with Crippen LogP contribution in [-0.2, 0) is 4.74 Å². The minimum Gasteiger partial charge on any atom is -0.497 e. The van der Waals surface area contributed by atoms with Crippen LogP contribution in [0.1, 0.15) is 46.5 Å². The maximum atomic E-state index is 13.6. The SMILES string of the molecule is COc1cc(F)cc(O[C@H]2C[C@H]3CC[C@@H](C2)N3C(=O)OC(C)(C)C)c1. The van der Waals surface area contributed by atoms with Crippen LogP contribution in [-0.4, -0.2) is 41.9 Å². The molecular weight excluding hydrogens is 325 g/mol. The lowest BCUT2D eigenvalue weighted by Gasteiger charge is -2.39. The van der Waals surface area contributed by atoms with Gasteiger partial charge in [-0.25, -0.2) is 9.18 Å². The predicted octanol–water partition coefficient (Wildman–Crippen LogP) is 4.14. The zero-order valence-electron chi connectivity index (χ0n) is 15.3. The van der Waals surface area contributed by atoms with Crippen molar-refractivity contribution >= 4 is 6.09 Å². The molecule has 138 valence electrons. The minimum absolute atomic E-state index is 0.0392. The highest BCUT2D eigenvalue weighted by Crippen LogP contribution is 2.38. The van der Waals surface area contributed by atoms with Crippen LogP contribution in [0.5, 0.6) is 11.5 Å². The van der Waals surface area contributed by atoms with Crippen LogP contribution in [0.25, 0.3) is 0 Å². The van der Waals surface area contributed by atoms with Crippen LogP contribution in [0.4, 0.5) is 9.18 Å². The molecule has 3 rings (SSSR count). The first-order chi connectivity index (χ1) is 11.7. The molecule has 0 unspecified atom stereocenters. The van der Waals surface area contributed by atoms with Crippen molar-refractivity contribution in [2.75, 3.05) is 7.11 Å². The summed E-state index contributed by atoms with van der Waals surface area (Å²) in [6.07, 6.45) is 3.09. The minimum atomic E-state index is -0.498. The number of methoxy groups -OCH3 is 1. The van der Waals surface area contributed by atoms with Gasteiger partial charge in [-0.15, -0.1) is 0 Å². The second-order valence-electron chi connectivity index (χ2n) is 7.81. The average molecular weight is 351 g/mol. The van der Waals surface area contributed by atoms with Crippen molar-refractivity contribution in [2.24, 2.45) is 0 Å². The van der Waals surface area contributed by atoms with Crippen LogP contribution in [0.15, 0.2) is 18.2 Å². The fraction of sp³-hybridized carbons (Fsp3) is 0.632. The summed E-state index contributed by atoms with van der Waals surface area (Å²) in [6, 6.07) is 4.61. The van der Waals surface area contributed by atoms with E-state index in [4.69, 9.17) is 14.2 Å². The molecule has 1 aromatic rings. The number of nitrogens with zero attached hydrogens (tertiary/aromatic N) is 1. The highest BCUT2D eigenvalue weighted by Gasteiger charge is 2.45. The van der Waals surface area contributed by atoms with Gasteiger partial charge in [0, 0.05) is 43.1 Å². The van der Waals surface area contributed by atoms with Gasteiger partial charge < -0.3 is 19.1 Å². The number of hydrogen-bond donors (Lipinski definition) is 0. The molecule has 2 aliphatic rings. The second kappa shape index (κ2) is 6.73. The van der Waals surface area contributed by atoms with Gasteiger partial charge in [-0.1, -0.05) is 0 Å². The van der Waals surface area contributed by atoms with E-state index in [2.05, 4.69) is 0 Å². The lowest BCUT2D eigenvalue weighted by atomic mass is 10.00. The monoisotopic (exact) mass is 351 g/mol. The summed E-state index contributed by atoms with van der Waals surface area (Å²) >= 11 is 0. The number of carbonyl (C=O) groups is 1. The highest BCUT2D eigenvalue weighted by molar-refractivity contribution is 5.69. The molecule has 2 bridgehead atoms. The standard InChI is InChI=1S/C19H26FNO4/c1-19(2,3)25-18(22)21-13-5-6-14(21)10-17(9-13)24-16-8-12(20)7-15(11-16)23-4/h7-8,11,13-14,17H,5-6,9-10H2,1-4H3/t13-,14+,17+. The summed E-state index contributed by atoms with van der Waals surface area (Å²) in [5.41, 5.74) is -0.498. The maximum Gasteiger partial charge on any atom is 0.410 e. The van der Waals surface area contributed by atoms with Gasteiger partial charge in [0.05, 0.1) is 7.11 Å². The summed E-state index contributed by atoms with van der Waals surface area (Å²) in [5.74, 6) is 0.514. The number of benzene rings is 1. The maximum absolute atomic E-state index is 13.6. The van der Waals surface area contributed by atoms with Gasteiger partial charge in [-0.05, 0) is 33.6 Å². The second-order valence-corrected chi connectivity index (χ2v) is 7.81. The Morgan fingerprint density at radius 1 is 1.12 bits per heavy atom. The van der Waals surface area contributed by atoms with E-state index in [9.17, 15) is 9.18 Å². The third-order valence-electron chi connectivity index (χ3n) is 4.68. The number of carbonyl (C=O) groups excluding carboxylic acids is 1. The van der Waals surface area contributed by atoms with Gasteiger partial charge in [0.15, 0.2) is 0 Å². The fourth-order valence-electron chi connectivity index (χ4n) is 3.75. The van der Waals surface area contributed by atoms with E-state index < -0.39 is 5.60 Å². The topological polar surface area (TPSA) is 48.0 Å². The van der Waals surface area contributed by atoms with Gasteiger partial charge in [0.25, 0.3) is 0 Å². The molecule has 1 amide bonds. The normalized spacial score (nSPS) is 25.6. The quantitative estimate of drug-likeness (QED) is 0.821. The molecule has 6 heteroatoms. The molecule has 5 nitrogen and oxygen atoms in total. The molecule has 0 aliphatic carbocycles. The predicted molar refractivity (Wildman–Crippen MR) is 91.5 cm³/mol. The Morgan fingerprint density at radius 2 is 1.72 bits per heavy atom. The molecule has 2 heterocycles. The van der Waals surface area contributed by atoms with Gasteiger partial charge in [-0.2, -0.15) is 0 Å². The van der Waals surface area contributed by atoms with Crippen LogP contribution < -0.4 is 9.47 Å². The smallest absolute Gasteiger partial charge is 0.410 e. The summed E-state index contributed by atoms with van der Waals surface area (Å²) < 4.78 is 30.2. The summed E-state index contributed by atoms with van der Waals surface area (Å²) in [7, 11) is 1.50. The van der Waals surface area contributed by atoms with E-state index in [0.29, 0.717) is 11.5 Å². The highest BCUT2D eigenvalue weighted by atomic mass is 19.1. The first kappa shape index (κ1) is 17.8. The Balaban J connectivity index is 1.66. The van der Waals surface area contributed by atoms with Crippen LogP contribution in [0.3, 0.4) is 0 Å². The largest absolute Gasteiger partial charge is 0.497 e. The molecule has 0 aromatic heterocycles. The zero-order valence-corrected chi connectivity index (χ0v) is 15.3. The van der Waals surface area contributed by atoms with Gasteiger partial charge >= 0.3 is 6.09 Å². The van der Waals surface area contributed by atoms with E-state index in [1.54, 1.807) is 6.07 Å². The van der Waals surface area contributed by atoms with Gasteiger partial charge in [0.2, 0.25) is 0 Å². The number of fused-ring (bicyclic) bond motifs is 2. The third-order valence-corrected chi connectivity index (χ3v) is 4.68. The molecule has 2 fully saturated rings. The molecule has 2 aliphatic heterocycles. The first-order valence-electron chi connectivity index (χ1n) is 8.78. The van der Waals surface area contributed by atoms with Gasteiger partial charge in [0.1, 0.15) is 29.0 Å². The fourth-order valence-corrected chi connectivity index (χ4v) is 3.75. The molecular formula is C19H26FNO4. The molecule has 25 heavy (non-hydrogen) atoms. The van der Waals surface area contributed by atoms with Crippen LogP contribution in [0, 0.1) is 5.82 Å². The lowest BCUT2D eigenvalue weighted by molar-refractivity contribution is -0.00710. The Bertz CT molecular complexity index is 629. The number of rotatable bonds is 3. The zero-order chi connectivity index (χ0) is 18.2. The van der Waals surface area contributed by atoms with Crippen molar-refractivity contribution < 1.29 is 23.4 Å². The van der Waals surface area contributed by atoms with Crippen LogP contribution >= 0.6 is 0 Å². The summed E-state index contributed by atoms with van der Waals surface area (Å²) in [4.78, 5) is 14.3. The molecule has 3 atom stereocenters. The van der Waals surface area contributed by atoms with E-state index >= 15 is 0 Å².